The highest BCUT2D eigenvalue weighted by atomic mass is 127. The van der Waals surface area contributed by atoms with E-state index in [1.165, 1.54) is 12.8 Å². The van der Waals surface area contributed by atoms with Crippen LogP contribution in [0.25, 0.3) is 0 Å². The van der Waals surface area contributed by atoms with Crippen LogP contribution in [0, 0.1) is 8.30 Å². The van der Waals surface area contributed by atoms with Gasteiger partial charge >= 0.3 is 0 Å². The predicted molar refractivity (Wildman–Crippen MR) is 86.8 cm³/mol. The first-order valence-corrected chi connectivity index (χ1v) is 7.78. The molecule has 18 heavy (non-hydrogen) atoms. The Morgan fingerprint density at radius 2 is 2.44 bits per heavy atom. The molecule has 3 nitrogen and oxygen atoms in total. The molecule has 1 saturated heterocycles. The van der Waals surface area contributed by atoms with Crippen molar-refractivity contribution in [1.82, 2.24) is 10.6 Å². The van der Waals surface area contributed by atoms with Gasteiger partial charge in [0.1, 0.15) is 0 Å². The van der Waals surface area contributed by atoms with Gasteiger partial charge in [-0.05, 0) is 53.5 Å². The van der Waals surface area contributed by atoms with E-state index >= 15 is 0 Å². The van der Waals surface area contributed by atoms with Crippen LogP contribution in [0.15, 0.2) is 11.4 Å². The van der Waals surface area contributed by atoms with E-state index in [0.29, 0.717) is 0 Å². The van der Waals surface area contributed by atoms with Crippen LogP contribution in [0.1, 0.15) is 30.1 Å². The zero-order chi connectivity index (χ0) is 12.3. The Balaban J connectivity index is 0.00000162. The summed E-state index contributed by atoms with van der Waals surface area (Å²) in [7, 11) is 0. The van der Waals surface area contributed by atoms with Crippen molar-refractivity contribution in [3.63, 3.8) is 0 Å². The molecule has 102 valence electrons. The Morgan fingerprint density at radius 3 is 3.00 bits per heavy atom. The number of thiophene rings is 1. The standard InChI is InChI=1S/C12H17IN2OS.ClH/c1-12(3-2-4-14-7-12)8-15-11(16)9-5-10(13)17-6-9;/h5-6,14H,2-4,7-8H2,1H3,(H,15,16);1H. The zero-order valence-corrected chi connectivity index (χ0v) is 14.1. The quantitative estimate of drug-likeness (QED) is 0.766. The first-order valence-electron chi connectivity index (χ1n) is 5.82. The van der Waals surface area contributed by atoms with Crippen LogP contribution in [0.2, 0.25) is 0 Å². The molecule has 0 radical (unpaired) electrons. The molecule has 1 aliphatic rings. The fraction of sp³-hybridized carbons (Fsp3) is 0.583. The second-order valence-corrected chi connectivity index (χ2v) is 7.72. The molecular weight excluding hydrogens is 383 g/mol. The van der Waals surface area contributed by atoms with E-state index in [0.717, 1.165) is 28.1 Å². The van der Waals surface area contributed by atoms with Gasteiger partial charge in [0.25, 0.3) is 5.91 Å². The van der Waals surface area contributed by atoms with Crippen LogP contribution < -0.4 is 10.6 Å². The number of hydrogen-bond donors (Lipinski definition) is 2. The minimum Gasteiger partial charge on any atom is -0.351 e. The molecule has 1 fully saturated rings. The molecule has 1 amide bonds. The first kappa shape index (κ1) is 16.2. The van der Waals surface area contributed by atoms with Gasteiger partial charge in [-0.15, -0.1) is 23.7 Å². The average molecular weight is 401 g/mol. The number of amides is 1. The number of nitrogens with one attached hydrogen (secondary N) is 2. The SMILES string of the molecule is CC1(CNC(=O)c2csc(I)c2)CCCNC1.Cl. The van der Waals surface area contributed by atoms with Crippen LogP contribution in [0.5, 0.6) is 0 Å². The first-order chi connectivity index (χ1) is 8.09. The molecular formula is C12H18ClIN2OS. The average Bonchev–Trinajstić information content (AvgIpc) is 2.74. The topological polar surface area (TPSA) is 41.1 Å². The Morgan fingerprint density at radius 1 is 1.67 bits per heavy atom. The van der Waals surface area contributed by atoms with Gasteiger partial charge in [0.2, 0.25) is 0 Å². The van der Waals surface area contributed by atoms with Crippen LogP contribution in [0.4, 0.5) is 0 Å². The summed E-state index contributed by atoms with van der Waals surface area (Å²) in [6.45, 7) is 5.09. The van der Waals surface area contributed by atoms with Crippen molar-refractivity contribution >= 4 is 52.2 Å². The van der Waals surface area contributed by atoms with E-state index in [4.69, 9.17) is 0 Å². The summed E-state index contributed by atoms with van der Waals surface area (Å²) < 4.78 is 1.15. The van der Waals surface area contributed by atoms with Crippen LogP contribution in [-0.2, 0) is 0 Å². The molecule has 1 atom stereocenters. The number of carbonyl (C=O) groups is 1. The van der Waals surface area contributed by atoms with Gasteiger partial charge in [0.05, 0.1) is 8.45 Å². The van der Waals surface area contributed by atoms with Crippen molar-refractivity contribution in [2.24, 2.45) is 5.41 Å². The van der Waals surface area contributed by atoms with Crippen molar-refractivity contribution in [2.75, 3.05) is 19.6 Å². The summed E-state index contributed by atoms with van der Waals surface area (Å²) in [6, 6.07) is 1.93. The van der Waals surface area contributed by atoms with Gasteiger partial charge in [0, 0.05) is 18.5 Å². The number of halogens is 2. The van der Waals surface area contributed by atoms with Crippen LogP contribution >= 0.6 is 46.3 Å². The fourth-order valence-corrected chi connectivity index (χ4v) is 3.42. The maximum atomic E-state index is 11.9. The van der Waals surface area contributed by atoms with Crippen LogP contribution in [-0.4, -0.2) is 25.5 Å². The highest BCUT2D eigenvalue weighted by molar-refractivity contribution is 14.1. The van der Waals surface area contributed by atoms with Gasteiger partial charge in [-0.1, -0.05) is 6.92 Å². The molecule has 2 heterocycles. The Hall–Kier alpha value is 0.150. The summed E-state index contributed by atoms with van der Waals surface area (Å²) in [5.74, 6) is 0.0518. The number of piperidine rings is 1. The molecule has 0 saturated carbocycles. The van der Waals surface area contributed by atoms with E-state index in [1.807, 2.05) is 11.4 Å². The summed E-state index contributed by atoms with van der Waals surface area (Å²) in [6.07, 6.45) is 2.38. The lowest BCUT2D eigenvalue weighted by atomic mass is 9.83. The van der Waals surface area contributed by atoms with Gasteiger partial charge in [-0.3, -0.25) is 4.79 Å². The molecule has 2 rings (SSSR count). The lowest BCUT2D eigenvalue weighted by molar-refractivity contribution is 0.0925. The largest absolute Gasteiger partial charge is 0.351 e. The fourth-order valence-electron chi connectivity index (χ4n) is 2.09. The highest BCUT2D eigenvalue weighted by Gasteiger charge is 2.27. The molecule has 1 aromatic rings. The Bertz CT molecular complexity index is 405. The van der Waals surface area contributed by atoms with Crippen LogP contribution in [0.3, 0.4) is 0 Å². The minimum absolute atomic E-state index is 0. The maximum Gasteiger partial charge on any atom is 0.252 e. The van der Waals surface area contributed by atoms with Crippen molar-refractivity contribution in [3.05, 3.63) is 19.9 Å². The normalized spacial score (nSPS) is 23.2. The van der Waals surface area contributed by atoms with E-state index in [9.17, 15) is 4.79 Å². The minimum atomic E-state index is 0. The lowest BCUT2D eigenvalue weighted by Gasteiger charge is -2.34. The van der Waals surface area contributed by atoms with E-state index < -0.39 is 0 Å². The molecule has 0 aliphatic carbocycles. The highest BCUT2D eigenvalue weighted by Crippen LogP contribution is 2.24. The molecule has 1 unspecified atom stereocenters. The Labute approximate surface area is 132 Å². The third-order valence-electron chi connectivity index (χ3n) is 3.19. The number of rotatable bonds is 3. The van der Waals surface area contributed by atoms with Crippen molar-refractivity contribution in [3.8, 4) is 0 Å². The molecule has 2 N–H and O–H groups in total. The van der Waals surface area contributed by atoms with Gasteiger partial charge in [-0.25, -0.2) is 0 Å². The Kier molecular flexibility index (Phi) is 6.37. The third kappa shape index (κ3) is 4.36. The van der Waals surface area contributed by atoms with Crippen molar-refractivity contribution in [1.29, 1.82) is 0 Å². The summed E-state index contributed by atoms with van der Waals surface area (Å²) in [5.41, 5.74) is 0.989. The molecule has 6 heteroatoms. The van der Waals surface area contributed by atoms with E-state index in [2.05, 4.69) is 40.1 Å². The van der Waals surface area contributed by atoms with Gasteiger partial charge in [-0.2, -0.15) is 0 Å². The molecule has 0 bridgehead atoms. The van der Waals surface area contributed by atoms with Crippen molar-refractivity contribution in [2.45, 2.75) is 19.8 Å². The molecule has 1 aliphatic heterocycles. The van der Waals surface area contributed by atoms with Crippen molar-refractivity contribution < 1.29 is 4.79 Å². The van der Waals surface area contributed by atoms with E-state index in [-0.39, 0.29) is 23.7 Å². The maximum absolute atomic E-state index is 11.9. The number of carbonyl (C=O) groups excluding carboxylic acids is 1. The summed E-state index contributed by atoms with van der Waals surface area (Å²) in [4.78, 5) is 11.9. The lowest BCUT2D eigenvalue weighted by Crippen LogP contribution is -2.45. The summed E-state index contributed by atoms with van der Waals surface area (Å²) >= 11 is 3.84. The summed E-state index contributed by atoms with van der Waals surface area (Å²) in [5, 5.41) is 8.35. The molecule has 0 aromatic carbocycles. The number of hydrogen-bond acceptors (Lipinski definition) is 3. The predicted octanol–water partition coefficient (Wildman–Crippen LogP) is 2.89. The second-order valence-electron chi connectivity index (χ2n) is 4.91. The smallest absolute Gasteiger partial charge is 0.252 e. The molecule has 1 aromatic heterocycles. The monoisotopic (exact) mass is 400 g/mol. The molecule has 0 spiro atoms. The van der Waals surface area contributed by atoms with E-state index in [1.54, 1.807) is 11.3 Å². The van der Waals surface area contributed by atoms with Gasteiger partial charge in [0.15, 0.2) is 0 Å². The second kappa shape index (κ2) is 7.07. The third-order valence-corrected chi connectivity index (χ3v) is 4.98. The van der Waals surface area contributed by atoms with Gasteiger partial charge < -0.3 is 10.6 Å². The zero-order valence-electron chi connectivity index (χ0n) is 10.3.